The van der Waals surface area contributed by atoms with Crippen molar-refractivity contribution in [1.82, 2.24) is 15.0 Å². The van der Waals surface area contributed by atoms with E-state index in [1.807, 2.05) is 30.9 Å². The zero-order valence-corrected chi connectivity index (χ0v) is 12.8. The lowest BCUT2D eigenvalue weighted by Gasteiger charge is -2.33. The lowest BCUT2D eigenvalue weighted by molar-refractivity contribution is -0.138. The van der Waals surface area contributed by atoms with Gasteiger partial charge in [-0.25, -0.2) is 0 Å². The highest BCUT2D eigenvalue weighted by Gasteiger charge is 2.26. The van der Waals surface area contributed by atoms with Crippen molar-refractivity contribution < 1.29 is 14.1 Å². The number of rotatable bonds is 3. The van der Waals surface area contributed by atoms with Gasteiger partial charge in [0, 0.05) is 24.5 Å². The molecule has 1 amide bonds. The van der Waals surface area contributed by atoms with Crippen LogP contribution in [0.25, 0.3) is 0 Å². The van der Waals surface area contributed by atoms with Crippen molar-refractivity contribution in [1.29, 1.82) is 0 Å². The molecule has 1 aliphatic rings. The zero-order chi connectivity index (χ0) is 15.5. The van der Waals surface area contributed by atoms with Crippen molar-refractivity contribution in [3.8, 4) is 0 Å². The molecule has 22 heavy (non-hydrogen) atoms. The van der Waals surface area contributed by atoms with Crippen LogP contribution < -0.4 is 0 Å². The molecule has 0 aromatic carbocycles. The number of hydrogen-bond acceptors (Lipinski definition) is 5. The Bertz CT molecular complexity index is 634. The molecule has 6 nitrogen and oxygen atoms in total. The third-order valence-electron chi connectivity index (χ3n) is 4.01. The molecule has 0 spiro atoms. The predicted molar refractivity (Wildman–Crippen MR) is 79.2 cm³/mol. The molecule has 0 bridgehead atoms. The van der Waals surface area contributed by atoms with Crippen molar-refractivity contribution in [2.75, 3.05) is 19.7 Å². The van der Waals surface area contributed by atoms with Gasteiger partial charge in [-0.15, -0.1) is 0 Å². The summed E-state index contributed by atoms with van der Waals surface area (Å²) in [5.41, 5.74) is 2.71. The first-order valence-electron chi connectivity index (χ1n) is 7.36. The van der Waals surface area contributed by atoms with Gasteiger partial charge in [-0.05, 0) is 31.5 Å². The number of pyridine rings is 1. The summed E-state index contributed by atoms with van der Waals surface area (Å²) in [6, 6.07) is 3.85. The van der Waals surface area contributed by atoms with Crippen molar-refractivity contribution in [2.45, 2.75) is 26.4 Å². The molecule has 0 aliphatic carbocycles. The largest absolute Gasteiger partial charge is 0.370 e. The van der Waals surface area contributed by atoms with Gasteiger partial charge in [0.1, 0.15) is 11.9 Å². The maximum Gasteiger partial charge on any atom is 0.227 e. The number of carbonyl (C=O) groups excluding carboxylic acids is 1. The molecule has 3 rings (SSSR count). The molecule has 0 radical (unpaired) electrons. The highest BCUT2D eigenvalue weighted by Crippen LogP contribution is 2.22. The zero-order valence-electron chi connectivity index (χ0n) is 12.8. The third kappa shape index (κ3) is 3.01. The van der Waals surface area contributed by atoms with Crippen LogP contribution in [0.3, 0.4) is 0 Å². The van der Waals surface area contributed by atoms with Gasteiger partial charge in [0.05, 0.1) is 25.3 Å². The molecule has 0 saturated carbocycles. The Kier molecular flexibility index (Phi) is 4.20. The van der Waals surface area contributed by atoms with Crippen LogP contribution in [0.2, 0.25) is 0 Å². The minimum atomic E-state index is -0.0923. The van der Waals surface area contributed by atoms with Gasteiger partial charge in [-0.2, -0.15) is 0 Å². The maximum atomic E-state index is 12.5. The maximum absolute atomic E-state index is 12.5. The molecule has 1 saturated heterocycles. The minimum Gasteiger partial charge on any atom is -0.370 e. The number of nitrogens with zero attached hydrogens (tertiary/aromatic N) is 3. The Morgan fingerprint density at radius 2 is 2.14 bits per heavy atom. The fourth-order valence-electron chi connectivity index (χ4n) is 2.67. The summed E-state index contributed by atoms with van der Waals surface area (Å²) < 4.78 is 10.9. The fourth-order valence-corrected chi connectivity index (χ4v) is 2.67. The number of hydrogen-bond donors (Lipinski definition) is 0. The van der Waals surface area contributed by atoms with E-state index in [1.54, 1.807) is 12.4 Å². The van der Waals surface area contributed by atoms with Gasteiger partial charge in [0.15, 0.2) is 0 Å². The van der Waals surface area contributed by atoms with Crippen LogP contribution >= 0.6 is 0 Å². The summed E-state index contributed by atoms with van der Waals surface area (Å²) in [5, 5.41) is 3.90. The van der Waals surface area contributed by atoms with Crippen LogP contribution in [0.4, 0.5) is 0 Å². The van der Waals surface area contributed by atoms with Crippen LogP contribution in [-0.4, -0.2) is 40.6 Å². The molecular formula is C16H19N3O3. The van der Waals surface area contributed by atoms with E-state index in [4.69, 9.17) is 9.26 Å². The van der Waals surface area contributed by atoms with Crippen LogP contribution in [-0.2, 0) is 16.0 Å². The normalized spacial score (nSPS) is 18.5. The van der Waals surface area contributed by atoms with Gasteiger partial charge >= 0.3 is 0 Å². The molecule has 1 aliphatic heterocycles. The molecule has 116 valence electrons. The molecule has 3 heterocycles. The van der Waals surface area contributed by atoms with E-state index in [9.17, 15) is 4.79 Å². The second kappa shape index (κ2) is 6.27. The van der Waals surface area contributed by atoms with Gasteiger partial charge < -0.3 is 14.2 Å². The standard InChI is InChI=1S/C16H19N3O3/c1-11-14(12(2)22-18-11)9-16(20)19-7-8-21-15(10-19)13-3-5-17-6-4-13/h3-6,15H,7-10H2,1-2H3. The molecular weight excluding hydrogens is 282 g/mol. The highest BCUT2D eigenvalue weighted by atomic mass is 16.5. The number of amides is 1. The number of aryl methyl sites for hydroxylation is 2. The van der Waals surface area contributed by atoms with E-state index in [-0.39, 0.29) is 12.0 Å². The Hall–Kier alpha value is -2.21. The Labute approximate surface area is 129 Å². The summed E-state index contributed by atoms with van der Waals surface area (Å²) in [5.74, 6) is 0.793. The number of morpholine rings is 1. The van der Waals surface area contributed by atoms with E-state index in [0.717, 1.165) is 16.8 Å². The Morgan fingerprint density at radius 1 is 1.36 bits per heavy atom. The third-order valence-corrected chi connectivity index (χ3v) is 4.01. The molecule has 1 unspecified atom stereocenters. The lowest BCUT2D eigenvalue weighted by atomic mass is 10.1. The number of carbonyl (C=O) groups is 1. The lowest BCUT2D eigenvalue weighted by Crippen LogP contribution is -2.43. The van der Waals surface area contributed by atoms with E-state index >= 15 is 0 Å². The minimum absolute atomic E-state index is 0.0803. The van der Waals surface area contributed by atoms with Crippen molar-refractivity contribution in [2.24, 2.45) is 0 Å². The summed E-state index contributed by atoms with van der Waals surface area (Å²) in [7, 11) is 0. The Morgan fingerprint density at radius 3 is 2.82 bits per heavy atom. The molecule has 6 heteroatoms. The second-order valence-electron chi connectivity index (χ2n) is 5.46. The van der Waals surface area contributed by atoms with Crippen LogP contribution in [0, 0.1) is 13.8 Å². The van der Waals surface area contributed by atoms with Crippen molar-refractivity contribution in [3.05, 3.63) is 47.1 Å². The summed E-state index contributed by atoms with van der Waals surface area (Å²) in [6.07, 6.45) is 3.71. The summed E-state index contributed by atoms with van der Waals surface area (Å²) in [4.78, 5) is 18.4. The van der Waals surface area contributed by atoms with Gasteiger partial charge in [-0.1, -0.05) is 5.16 Å². The summed E-state index contributed by atoms with van der Waals surface area (Å²) >= 11 is 0. The van der Waals surface area contributed by atoms with Gasteiger partial charge in [-0.3, -0.25) is 9.78 Å². The van der Waals surface area contributed by atoms with Crippen LogP contribution in [0.1, 0.15) is 28.7 Å². The average Bonchev–Trinajstić information content (AvgIpc) is 2.88. The number of aromatic nitrogens is 2. The highest BCUT2D eigenvalue weighted by molar-refractivity contribution is 5.79. The predicted octanol–water partition coefficient (Wildman–Crippen LogP) is 1.83. The molecule has 0 N–H and O–H groups in total. The second-order valence-corrected chi connectivity index (χ2v) is 5.46. The van der Waals surface area contributed by atoms with Gasteiger partial charge in [0.25, 0.3) is 0 Å². The number of ether oxygens (including phenoxy) is 1. The molecule has 1 fully saturated rings. The topological polar surface area (TPSA) is 68.5 Å². The van der Waals surface area contributed by atoms with E-state index in [1.165, 1.54) is 0 Å². The van der Waals surface area contributed by atoms with Gasteiger partial charge in [0.2, 0.25) is 5.91 Å². The fraction of sp³-hybridized carbons (Fsp3) is 0.438. The summed E-state index contributed by atoms with van der Waals surface area (Å²) in [6.45, 7) is 5.41. The molecule has 2 aromatic rings. The SMILES string of the molecule is Cc1noc(C)c1CC(=O)N1CCOC(c2ccncc2)C1. The van der Waals surface area contributed by atoms with E-state index in [0.29, 0.717) is 31.9 Å². The van der Waals surface area contributed by atoms with Crippen molar-refractivity contribution >= 4 is 5.91 Å². The Balaban J connectivity index is 1.68. The smallest absolute Gasteiger partial charge is 0.227 e. The van der Waals surface area contributed by atoms with E-state index < -0.39 is 0 Å². The molecule has 1 atom stereocenters. The first-order valence-corrected chi connectivity index (χ1v) is 7.36. The first-order chi connectivity index (χ1) is 10.6. The van der Waals surface area contributed by atoms with Crippen LogP contribution in [0.5, 0.6) is 0 Å². The molecule has 2 aromatic heterocycles. The monoisotopic (exact) mass is 301 g/mol. The quantitative estimate of drug-likeness (QED) is 0.865. The average molecular weight is 301 g/mol. The van der Waals surface area contributed by atoms with Crippen LogP contribution in [0.15, 0.2) is 29.0 Å². The van der Waals surface area contributed by atoms with E-state index in [2.05, 4.69) is 10.1 Å². The first kappa shape index (κ1) is 14.7. The van der Waals surface area contributed by atoms with Crippen molar-refractivity contribution in [3.63, 3.8) is 0 Å².